The summed E-state index contributed by atoms with van der Waals surface area (Å²) in [5, 5.41) is 9.51. The summed E-state index contributed by atoms with van der Waals surface area (Å²) in [6, 6.07) is 7.77. The lowest BCUT2D eigenvalue weighted by Gasteiger charge is -2.17. The van der Waals surface area contributed by atoms with Crippen molar-refractivity contribution in [2.24, 2.45) is 0 Å². The average Bonchev–Trinajstić information content (AvgIpc) is 2.96. The van der Waals surface area contributed by atoms with Crippen LogP contribution in [0.3, 0.4) is 0 Å². The number of aromatic nitrogens is 2. The van der Waals surface area contributed by atoms with Crippen molar-refractivity contribution in [3.63, 3.8) is 0 Å². The van der Waals surface area contributed by atoms with Crippen molar-refractivity contribution in [2.45, 2.75) is 96.4 Å². The lowest BCUT2D eigenvalue weighted by atomic mass is 9.91. The van der Waals surface area contributed by atoms with Crippen LogP contribution in [0.25, 0.3) is 0 Å². The number of hydrogen-bond donors (Lipinski definition) is 1. The summed E-state index contributed by atoms with van der Waals surface area (Å²) >= 11 is 0. The number of carboxylic acids is 1. The molecule has 0 amide bonds. The van der Waals surface area contributed by atoms with Gasteiger partial charge in [-0.15, -0.1) is 0 Å². The van der Waals surface area contributed by atoms with E-state index in [9.17, 15) is 14.7 Å². The first-order valence-corrected chi connectivity index (χ1v) is 15.2. The van der Waals surface area contributed by atoms with E-state index in [0.29, 0.717) is 39.6 Å². The number of unbranched alkanes of at least 4 members (excludes halogenated alkanes) is 3. The van der Waals surface area contributed by atoms with Gasteiger partial charge in [0, 0.05) is 36.8 Å². The number of aliphatic carboxylic acids is 1. The monoisotopic (exact) mass is 556 g/mol. The van der Waals surface area contributed by atoms with Crippen LogP contribution < -0.4 is 5.56 Å². The van der Waals surface area contributed by atoms with Gasteiger partial charge in [-0.25, -0.2) is 0 Å². The van der Waals surface area contributed by atoms with Crippen LogP contribution in [-0.2, 0) is 44.8 Å². The SMILES string of the molecule is CCCOCCOCCOCCn1cc([C@@H](CCCCCCc2ccc3c(n2)CCCC3)CC(=O)O)ccc1=O. The Morgan fingerprint density at radius 2 is 1.65 bits per heavy atom. The van der Waals surface area contributed by atoms with Gasteiger partial charge in [0.25, 0.3) is 5.56 Å². The predicted molar refractivity (Wildman–Crippen MR) is 156 cm³/mol. The van der Waals surface area contributed by atoms with Crippen molar-refractivity contribution < 1.29 is 24.1 Å². The predicted octanol–water partition coefficient (Wildman–Crippen LogP) is 5.33. The lowest BCUT2D eigenvalue weighted by Crippen LogP contribution is -2.23. The molecule has 2 aromatic rings. The molecule has 0 aromatic carbocycles. The Balaban J connectivity index is 1.37. The quantitative estimate of drug-likeness (QED) is 0.207. The maximum Gasteiger partial charge on any atom is 0.303 e. The number of nitrogens with zero attached hydrogens (tertiary/aromatic N) is 2. The summed E-state index contributed by atoms with van der Waals surface area (Å²) < 4.78 is 18.1. The fraction of sp³-hybridized carbons (Fsp3) is 0.656. The van der Waals surface area contributed by atoms with Crippen molar-refractivity contribution in [2.75, 3.05) is 39.6 Å². The molecule has 8 heteroatoms. The van der Waals surface area contributed by atoms with Crippen LogP contribution in [0.5, 0.6) is 0 Å². The lowest BCUT2D eigenvalue weighted by molar-refractivity contribution is -0.137. The van der Waals surface area contributed by atoms with Gasteiger partial charge in [0.05, 0.1) is 39.5 Å². The molecule has 1 atom stereocenters. The Morgan fingerprint density at radius 3 is 2.42 bits per heavy atom. The van der Waals surface area contributed by atoms with Crippen molar-refractivity contribution in [1.82, 2.24) is 9.55 Å². The molecule has 8 nitrogen and oxygen atoms in total. The minimum absolute atomic E-state index is 0.0626. The maximum atomic E-state index is 12.4. The van der Waals surface area contributed by atoms with Crippen molar-refractivity contribution >= 4 is 5.97 Å². The van der Waals surface area contributed by atoms with Crippen LogP contribution in [0.1, 0.15) is 93.1 Å². The number of carboxylic acid groups (broad SMARTS) is 1. The summed E-state index contributed by atoms with van der Waals surface area (Å²) in [6.07, 6.45) is 13.7. The molecule has 1 N–H and O–H groups in total. The van der Waals surface area contributed by atoms with Gasteiger partial charge in [-0.05, 0) is 74.5 Å². The van der Waals surface area contributed by atoms with Crippen molar-refractivity contribution in [3.8, 4) is 0 Å². The van der Waals surface area contributed by atoms with Crippen molar-refractivity contribution in [3.05, 3.63) is 63.3 Å². The highest BCUT2D eigenvalue weighted by atomic mass is 16.5. The number of ether oxygens (including phenoxy) is 3. The van der Waals surface area contributed by atoms with Gasteiger partial charge in [-0.2, -0.15) is 0 Å². The minimum Gasteiger partial charge on any atom is -0.481 e. The first-order chi connectivity index (χ1) is 19.6. The Kier molecular flexibility index (Phi) is 15.0. The molecular weight excluding hydrogens is 508 g/mol. The highest BCUT2D eigenvalue weighted by Gasteiger charge is 2.17. The Morgan fingerprint density at radius 1 is 0.925 bits per heavy atom. The van der Waals surface area contributed by atoms with Crippen LogP contribution in [0, 0.1) is 0 Å². The molecular formula is C32H48N2O6. The molecule has 0 saturated carbocycles. The number of carbonyl (C=O) groups is 1. The molecule has 0 radical (unpaired) electrons. The molecule has 222 valence electrons. The highest BCUT2D eigenvalue weighted by molar-refractivity contribution is 5.68. The third kappa shape index (κ3) is 11.9. The molecule has 0 bridgehead atoms. The van der Waals surface area contributed by atoms with Gasteiger partial charge >= 0.3 is 5.97 Å². The zero-order valence-electron chi connectivity index (χ0n) is 24.3. The van der Waals surface area contributed by atoms with Gasteiger partial charge in [0.2, 0.25) is 0 Å². The number of rotatable bonds is 21. The molecule has 2 aromatic heterocycles. The fourth-order valence-electron chi connectivity index (χ4n) is 5.23. The smallest absolute Gasteiger partial charge is 0.303 e. The van der Waals surface area contributed by atoms with Gasteiger partial charge in [0.15, 0.2) is 0 Å². The topological polar surface area (TPSA) is 99.9 Å². The number of aryl methyl sites for hydroxylation is 3. The summed E-state index contributed by atoms with van der Waals surface area (Å²) in [5.41, 5.74) is 4.70. The molecule has 3 rings (SSSR count). The van der Waals surface area contributed by atoms with Crippen LogP contribution in [0.15, 0.2) is 35.3 Å². The molecule has 0 fully saturated rings. The number of fused-ring (bicyclic) bond motifs is 1. The van der Waals surface area contributed by atoms with Crippen LogP contribution in [0.4, 0.5) is 0 Å². The first-order valence-electron chi connectivity index (χ1n) is 15.2. The molecule has 1 aliphatic rings. The first kappa shape index (κ1) is 32.0. The standard InChI is InChI=1S/C32H48N2O6/c1-2-18-38-20-22-40-23-21-39-19-17-34-25-28(14-16-31(34)35)27(24-32(36)37)10-5-3-4-6-11-29-15-13-26-9-7-8-12-30(26)33-29/h13-16,25,27H,2-12,17-24H2,1H3,(H,36,37)/t27-/m0/s1. The van der Waals surface area contributed by atoms with Crippen LogP contribution in [0.2, 0.25) is 0 Å². The van der Waals surface area contributed by atoms with Gasteiger partial charge in [0.1, 0.15) is 0 Å². The van der Waals surface area contributed by atoms with E-state index >= 15 is 0 Å². The van der Waals surface area contributed by atoms with E-state index in [0.717, 1.165) is 70.0 Å². The van der Waals surface area contributed by atoms with Gasteiger partial charge < -0.3 is 23.9 Å². The second-order valence-electron chi connectivity index (χ2n) is 10.7. The second kappa shape index (κ2) is 18.7. The highest BCUT2D eigenvalue weighted by Crippen LogP contribution is 2.26. The number of hydrogen-bond acceptors (Lipinski definition) is 6. The Hall–Kier alpha value is -2.55. The number of pyridine rings is 2. The zero-order chi connectivity index (χ0) is 28.4. The summed E-state index contributed by atoms with van der Waals surface area (Å²) in [4.78, 5) is 28.9. The van der Waals surface area contributed by atoms with E-state index in [2.05, 4.69) is 19.1 Å². The van der Waals surface area contributed by atoms with Crippen molar-refractivity contribution in [1.29, 1.82) is 0 Å². The minimum atomic E-state index is -0.815. The third-order valence-electron chi connectivity index (χ3n) is 7.44. The van der Waals surface area contributed by atoms with Crippen LogP contribution >= 0.6 is 0 Å². The normalized spacial score (nSPS) is 13.7. The maximum absolute atomic E-state index is 12.4. The molecule has 2 heterocycles. The molecule has 1 aliphatic carbocycles. The molecule has 0 aliphatic heterocycles. The average molecular weight is 557 g/mol. The molecule has 0 unspecified atom stereocenters. The summed E-state index contributed by atoms with van der Waals surface area (Å²) in [6.45, 7) is 5.68. The zero-order valence-corrected chi connectivity index (χ0v) is 24.3. The van der Waals surface area contributed by atoms with E-state index < -0.39 is 5.97 Å². The van der Waals surface area contributed by atoms with E-state index in [1.807, 2.05) is 6.20 Å². The third-order valence-corrected chi connectivity index (χ3v) is 7.44. The van der Waals surface area contributed by atoms with Gasteiger partial charge in [-0.1, -0.05) is 38.3 Å². The van der Waals surface area contributed by atoms with E-state index in [1.165, 1.54) is 35.9 Å². The Labute approximate surface area is 239 Å². The molecule has 0 saturated heterocycles. The molecule has 40 heavy (non-hydrogen) atoms. The van der Waals surface area contributed by atoms with Gasteiger partial charge in [-0.3, -0.25) is 14.6 Å². The summed E-state index contributed by atoms with van der Waals surface area (Å²) in [5.74, 6) is -0.930. The van der Waals surface area contributed by atoms with E-state index in [-0.39, 0.29) is 17.9 Å². The fourth-order valence-corrected chi connectivity index (χ4v) is 5.23. The second-order valence-corrected chi connectivity index (χ2v) is 10.7. The summed E-state index contributed by atoms with van der Waals surface area (Å²) in [7, 11) is 0. The molecule has 0 spiro atoms. The van der Waals surface area contributed by atoms with Crippen LogP contribution in [-0.4, -0.2) is 60.3 Å². The van der Waals surface area contributed by atoms with E-state index in [1.54, 1.807) is 10.6 Å². The Bertz CT molecular complexity index is 1070. The van der Waals surface area contributed by atoms with E-state index in [4.69, 9.17) is 19.2 Å². The largest absolute Gasteiger partial charge is 0.481 e.